The van der Waals surface area contributed by atoms with Gasteiger partial charge >= 0.3 is 0 Å². The van der Waals surface area contributed by atoms with Gasteiger partial charge in [0.15, 0.2) is 0 Å². The molecule has 0 atom stereocenters. The fourth-order valence-corrected chi connectivity index (χ4v) is 2.98. The highest BCUT2D eigenvalue weighted by atomic mass is 28.4. The molecule has 2 aromatic rings. The summed E-state index contributed by atoms with van der Waals surface area (Å²) < 4.78 is 6.30. The molecule has 0 bridgehead atoms. The highest BCUT2D eigenvalue weighted by Crippen LogP contribution is 2.37. The Kier molecular flexibility index (Phi) is 4.66. The topological polar surface area (TPSA) is 21.3 Å². The first-order chi connectivity index (χ1) is 10.2. The average molecular weight is 314 g/mol. The second-order valence-electron chi connectivity index (χ2n) is 7.38. The molecule has 2 nitrogen and oxygen atoms in total. The number of benzene rings is 2. The predicted molar refractivity (Wildman–Crippen MR) is 98.7 cm³/mol. The Morgan fingerprint density at radius 1 is 0.909 bits per heavy atom. The average Bonchev–Trinajstić information content (AvgIpc) is 2.39. The normalized spacial score (nSPS) is 12.1. The van der Waals surface area contributed by atoms with Crippen LogP contribution in [0.15, 0.2) is 48.5 Å². The molecule has 0 aliphatic rings. The molecule has 118 valence electrons. The van der Waals surface area contributed by atoms with Crippen LogP contribution in [0, 0.1) is 6.92 Å². The second kappa shape index (κ2) is 6.17. The molecule has 0 heterocycles. The summed E-state index contributed by atoms with van der Waals surface area (Å²) in [5, 5.41) is 3.63. The van der Waals surface area contributed by atoms with Crippen molar-refractivity contribution in [2.24, 2.45) is 0 Å². The van der Waals surface area contributed by atoms with Crippen LogP contribution in [0.3, 0.4) is 0 Å². The van der Waals surface area contributed by atoms with E-state index in [1.54, 1.807) is 0 Å². The smallest absolute Gasteiger partial charge is 0.250 e. The zero-order valence-electron chi connectivity index (χ0n) is 14.5. The molecule has 0 fully saturated rings. The van der Waals surface area contributed by atoms with Crippen LogP contribution in [0.5, 0.6) is 5.75 Å². The van der Waals surface area contributed by atoms with Crippen molar-refractivity contribution in [2.45, 2.75) is 45.8 Å². The highest BCUT2D eigenvalue weighted by molar-refractivity contribution is 6.74. The minimum atomic E-state index is -1.77. The first-order valence-corrected chi connectivity index (χ1v) is 10.7. The maximum atomic E-state index is 6.30. The number of hydrogen-bond acceptors (Lipinski definition) is 2. The van der Waals surface area contributed by atoms with Gasteiger partial charge in [0.25, 0.3) is 0 Å². The summed E-state index contributed by atoms with van der Waals surface area (Å²) in [5.74, 6) is 0.960. The van der Waals surface area contributed by atoms with Gasteiger partial charge in [-0.3, -0.25) is 0 Å². The fourth-order valence-electron chi connectivity index (χ4n) is 1.94. The molecule has 3 heteroatoms. The van der Waals surface area contributed by atoms with Crippen molar-refractivity contribution in [1.82, 2.24) is 0 Å². The Morgan fingerprint density at radius 2 is 1.55 bits per heavy atom. The van der Waals surface area contributed by atoms with E-state index < -0.39 is 8.32 Å². The Morgan fingerprint density at radius 3 is 2.09 bits per heavy atom. The molecule has 0 amide bonds. The van der Waals surface area contributed by atoms with Crippen LogP contribution >= 0.6 is 0 Å². The van der Waals surface area contributed by atoms with Crippen LogP contribution in [-0.2, 0) is 0 Å². The van der Waals surface area contributed by atoms with Gasteiger partial charge in [0.2, 0.25) is 8.32 Å². The van der Waals surface area contributed by atoms with Crippen molar-refractivity contribution in [1.29, 1.82) is 0 Å². The summed E-state index contributed by atoms with van der Waals surface area (Å²) >= 11 is 0. The van der Waals surface area contributed by atoms with E-state index in [0.717, 1.165) is 17.1 Å². The maximum Gasteiger partial charge on any atom is 0.250 e. The third kappa shape index (κ3) is 4.14. The SMILES string of the molecule is Cc1cccc(Nc2ccc(O[Si](C)(C)C(C)(C)C)cc2)c1. The van der Waals surface area contributed by atoms with Crippen LogP contribution < -0.4 is 9.74 Å². The van der Waals surface area contributed by atoms with Gasteiger partial charge in [-0.2, -0.15) is 0 Å². The summed E-state index contributed by atoms with van der Waals surface area (Å²) in [6, 6.07) is 16.6. The molecule has 0 saturated heterocycles. The van der Waals surface area contributed by atoms with E-state index in [4.69, 9.17) is 4.43 Å². The molecule has 0 radical (unpaired) electrons. The van der Waals surface area contributed by atoms with Gasteiger partial charge < -0.3 is 9.74 Å². The molecule has 2 aromatic carbocycles. The molecule has 2 rings (SSSR count). The maximum absolute atomic E-state index is 6.30. The van der Waals surface area contributed by atoms with Gasteiger partial charge in [0, 0.05) is 11.4 Å². The van der Waals surface area contributed by atoms with Crippen LogP contribution in [0.25, 0.3) is 0 Å². The zero-order valence-corrected chi connectivity index (χ0v) is 15.5. The van der Waals surface area contributed by atoms with Gasteiger partial charge in [-0.1, -0.05) is 32.9 Å². The third-order valence-electron chi connectivity index (χ3n) is 4.34. The van der Waals surface area contributed by atoms with Gasteiger partial charge in [0.1, 0.15) is 5.75 Å². The number of aryl methyl sites for hydroxylation is 1. The van der Waals surface area contributed by atoms with Crippen molar-refractivity contribution >= 4 is 19.7 Å². The highest BCUT2D eigenvalue weighted by Gasteiger charge is 2.38. The lowest BCUT2D eigenvalue weighted by molar-refractivity contribution is 0.492. The molecular formula is C19H27NOSi. The molecule has 1 N–H and O–H groups in total. The summed E-state index contributed by atoms with van der Waals surface area (Å²) in [4.78, 5) is 0. The first kappa shape index (κ1) is 16.6. The fraction of sp³-hybridized carbons (Fsp3) is 0.368. The second-order valence-corrected chi connectivity index (χ2v) is 12.1. The third-order valence-corrected chi connectivity index (χ3v) is 8.70. The minimum Gasteiger partial charge on any atom is -0.544 e. The number of nitrogens with one attached hydrogen (secondary N) is 1. The van der Waals surface area contributed by atoms with Crippen molar-refractivity contribution in [3.05, 3.63) is 54.1 Å². The van der Waals surface area contributed by atoms with E-state index in [1.165, 1.54) is 5.56 Å². The first-order valence-electron chi connectivity index (χ1n) is 7.80. The summed E-state index contributed by atoms with van der Waals surface area (Å²) in [6.07, 6.45) is 0. The number of anilines is 2. The van der Waals surface area contributed by atoms with E-state index in [0.29, 0.717) is 0 Å². The van der Waals surface area contributed by atoms with Crippen molar-refractivity contribution in [3.8, 4) is 5.75 Å². The van der Waals surface area contributed by atoms with Gasteiger partial charge in [-0.25, -0.2) is 0 Å². The zero-order chi connectivity index (χ0) is 16.4. The monoisotopic (exact) mass is 313 g/mol. The molecule has 0 unspecified atom stereocenters. The standard InChI is InChI=1S/C19H27NOSi/c1-15-8-7-9-17(14-15)20-16-10-12-18(13-11-16)21-22(5,6)19(2,3)4/h7-14,20H,1-6H3. The lowest BCUT2D eigenvalue weighted by Crippen LogP contribution is -2.43. The lowest BCUT2D eigenvalue weighted by Gasteiger charge is -2.36. The molecule has 22 heavy (non-hydrogen) atoms. The Hall–Kier alpha value is -1.74. The Balaban J connectivity index is 2.08. The van der Waals surface area contributed by atoms with Crippen LogP contribution in [-0.4, -0.2) is 8.32 Å². The van der Waals surface area contributed by atoms with E-state index >= 15 is 0 Å². The van der Waals surface area contributed by atoms with E-state index in [9.17, 15) is 0 Å². The van der Waals surface area contributed by atoms with E-state index in [1.807, 2.05) is 0 Å². The molecule has 0 spiro atoms. The van der Waals surface area contributed by atoms with Crippen LogP contribution in [0.2, 0.25) is 18.1 Å². The van der Waals surface area contributed by atoms with E-state index in [2.05, 4.69) is 94.6 Å². The van der Waals surface area contributed by atoms with Gasteiger partial charge in [-0.05, 0) is 67.0 Å². The van der Waals surface area contributed by atoms with Gasteiger partial charge in [0.05, 0.1) is 0 Å². The van der Waals surface area contributed by atoms with Crippen molar-refractivity contribution in [3.63, 3.8) is 0 Å². The summed E-state index contributed by atoms with van der Waals surface area (Å²) in [5.41, 5.74) is 3.44. The largest absolute Gasteiger partial charge is 0.544 e. The van der Waals surface area contributed by atoms with E-state index in [-0.39, 0.29) is 5.04 Å². The number of rotatable bonds is 4. The predicted octanol–water partition coefficient (Wildman–Crippen LogP) is 6.12. The molecule has 0 saturated carbocycles. The molecule has 0 aliphatic carbocycles. The van der Waals surface area contributed by atoms with Crippen LogP contribution in [0.4, 0.5) is 11.4 Å². The molecule has 0 aliphatic heterocycles. The molecular weight excluding hydrogens is 286 g/mol. The summed E-state index contributed by atoms with van der Waals surface area (Å²) in [6.45, 7) is 13.4. The van der Waals surface area contributed by atoms with Crippen molar-refractivity contribution in [2.75, 3.05) is 5.32 Å². The quantitative estimate of drug-likeness (QED) is 0.686. The van der Waals surface area contributed by atoms with Crippen LogP contribution in [0.1, 0.15) is 26.3 Å². The Labute approximate surface area is 135 Å². The molecule has 0 aromatic heterocycles. The lowest BCUT2D eigenvalue weighted by atomic mass is 10.2. The number of hydrogen-bond donors (Lipinski definition) is 1. The minimum absolute atomic E-state index is 0.214. The van der Waals surface area contributed by atoms with Crippen molar-refractivity contribution < 1.29 is 4.43 Å². The Bertz CT molecular complexity index is 627. The van der Waals surface area contributed by atoms with Gasteiger partial charge in [-0.15, -0.1) is 0 Å². The summed E-state index contributed by atoms with van der Waals surface area (Å²) in [7, 11) is -1.77.